The zero-order valence-electron chi connectivity index (χ0n) is 9.00. The predicted molar refractivity (Wildman–Crippen MR) is 56.5 cm³/mol. The van der Waals surface area contributed by atoms with E-state index in [-0.39, 0.29) is 5.56 Å². The quantitative estimate of drug-likeness (QED) is 0.710. The van der Waals surface area contributed by atoms with Crippen LogP contribution in [-0.2, 0) is 6.54 Å². The van der Waals surface area contributed by atoms with Gasteiger partial charge in [0.1, 0.15) is 5.82 Å². The molecule has 1 aromatic rings. The fraction of sp³-hybridized carbons (Fsp3) is 0.600. The molecular formula is C10H17N3O. The Morgan fingerprint density at radius 3 is 2.79 bits per heavy atom. The Morgan fingerprint density at radius 2 is 2.21 bits per heavy atom. The van der Waals surface area contributed by atoms with Crippen molar-refractivity contribution in [1.29, 1.82) is 0 Å². The lowest BCUT2D eigenvalue weighted by Gasteiger charge is -2.09. The highest BCUT2D eigenvalue weighted by molar-refractivity contribution is 5.01. The van der Waals surface area contributed by atoms with Crippen molar-refractivity contribution in [2.75, 3.05) is 13.1 Å². The third-order valence-corrected chi connectivity index (χ3v) is 2.09. The fourth-order valence-electron chi connectivity index (χ4n) is 1.40. The van der Waals surface area contributed by atoms with Crippen LogP contribution in [0.2, 0.25) is 0 Å². The Labute approximate surface area is 84.0 Å². The highest BCUT2D eigenvalue weighted by Crippen LogP contribution is 1.92. The molecule has 0 aromatic carbocycles. The van der Waals surface area contributed by atoms with Crippen LogP contribution in [0.1, 0.15) is 18.4 Å². The van der Waals surface area contributed by atoms with E-state index in [9.17, 15) is 4.79 Å². The molecule has 0 radical (unpaired) electrons. The zero-order valence-corrected chi connectivity index (χ0v) is 9.00. The summed E-state index contributed by atoms with van der Waals surface area (Å²) in [5.41, 5.74) is 0.820. The maximum atomic E-state index is 11.6. The molecule has 1 aromatic heterocycles. The first kappa shape index (κ1) is 10.9. The Balaban J connectivity index is 2.81. The van der Waals surface area contributed by atoms with Gasteiger partial charge < -0.3 is 5.32 Å². The van der Waals surface area contributed by atoms with Gasteiger partial charge in [-0.15, -0.1) is 0 Å². The van der Waals surface area contributed by atoms with Crippen LogP contribution in [-0.4, -0.2) is 22.6 Å². The number of hydrogen-bond donors (Lipinski definition) is 1. The minimum atomic E-state index is 0.0351. The van der Waals surface area contributed by atoms with Crippen molar-refractivity contribution in [3.63, 3.8) is 0 Å². The van der Waals surface area contributed by atoms with E-state index in [1.54, 1.807) is 10.6 Å². The van der Waals surface area contributed by atoms with Crippen molar-refractivity contribution in [2.45, 2.75) is 27.3 Å². The summed E-state index contributed by atoms with van der Waals surface area (Å²) in [6, 6.07) is 1.57. The lowest BCUT2D eigenvalue weighted by Crippen LogP contribution is -2.29. The molecular weight excluding hydrogens is 178 g/mol. The summed E-state index contributed by atoms with van der Waals surface area (Å²) in [6.45, 7) is 8.16. The summed E-state index contributed by atoms with van der Waals surface area (Å²) in [4.78, 5) is 15.8. The van der Waals surface area contributed by atoms with Gasteiger partial charge in [0.2, 0.25) is 0 Å². The number of aromatic nitrogens is 2. The van der Waals surface area contributed by atoms with Crippen LogP contribution >= 0.6 is 0 Å². The van der Waals surface area contributed by atoms with E-state index in [2.05, 4.69) is 10.3 Å². The van der Waals surface area contributed by atoms with Gasteiger partial charge in [-0.2, -0.15) is 0 Å². The van der Waals surface area contributed by atoms with Gasteiger partial charge in [0, 0.05) is 24.8 Å². The van der Waals surface area contributed by atoms with Crippen LogP contribution in [0.15, 0.2) is 10.9 Å². The normalized spacial score (nSPS) is 10.5. The molecule has 0 aliphatic rings. The molecule has 78 valence electrons. The average molecular weight is 195 g/mol. The standard InChI is InChI=1S/C10H17N3O/c1-4-11-5-6-13-9(3)12-8(2)7-10(13)14/h7,11H,4-6H2,1-3H3. The van der Waals surface area contributed by atoms with Crippen molar-refractivity contribution >= 4 is 0 Å². The van der Waals surface area contributed by atoms with Gasteiger partial charge in [-0.25, -0.2) is 4.98 Å². The lowest BCUT2D eigenvalue weighted by molar-refractivity contribution is 0.575. The minimum absolute atomic E-state index is 0.0351. The molecule has 0 aliphatic carbocycles. The van der Waals surface area contributed by atoms with Crippen molar-refractivity contribution in [1.82, 2.24) is 14.9 Å². The number of rotatable bonds is 4. The van der Waals surface area contributed by atoms with E-state index in [1.165, 1.54) is 0 Å². The predicted octanol–water partition coefficient (Wildman–Crippen LogP) is 0.470. The Kier molecular flexibility index (Phi) is 3.83. The molecule has 0 atom stereocenters. The van der Waals surface area contributed by atoms with Gasteiger partial charge in [-0.3, -0.25) is 9.36 Å². The van der Waals surface area contributed by atoms with Gasteiger partial charge in [0.05, 0.1) is 0 Å². The van der Waals surface area contributed by atoms with E-state index in [0.717, 1.165) is 24.6 Å². The van der Waals surface area contributed by atoms with Crippen LogP contribution in [0.5, 0.6) is 0 Å². The number of hydrogen-bond acceptors (Lipinski definition) is 3. The number of aryl methyl sites for hydroxylation is 2. The Morgan fingerprint density at radius 1 is 1.50 bits per heavy atom. The molecule has 0 spiro atoms. The van der Waals surface area contributed by atoms with Gasteiger partial charge in [0.15, 0.2) is 0 Å². The molecule has 0 saturated carbocycles. The highest BCUT2D eigenvalue weighted by Gasteiger charge is 2.01. The van der Waals surface area contributed by atoms with Gasteiger partial charge >= 0.3 is 0 Å². The van der Waals surface area contributed by atoms with E-state index >= 15 is 0 Å². The van der Waals surface area contributed by atoms with E-state index in [0.29, 0.717) is 6.54 Å². The second kappa shape index (κ2) is 4.91. The van der Waals surface area contributed by atoms with Crippen molar-refractivity contribution in [2.24, 2.45) is 0 Å². The molecule has 0 aliphatic heterocycles. The number of nitrogens with zero attached hydrogens (tertiary/aromatic N) is 2. The molecule has 1 N–H and O–H groups in total. The largest absolute Gasteiger partial charge is 0.315 e. The molecule has 0 saturated heterocycles. The smallest absolute Gasteiger partial charge is 0.253 e. The first-order chi connectivity index (χ1) is 6.65. The SMILES string of the molecule is CCNCCn1c(C)nc(C)cc1=O. The Bertz CT molecular complexity index is 357. The van der Waals surface area contributed by atoms with Gasteiger partial charge in [-0.1, -0.05) is 6.92 Å². The van der Waals surface area contributed by atoms with Crippen LogP contribution in [0, 0.1) is 13.8 Å². The molecule has 4 nitrogen and oxygen atoms in total. The lowest BCUT2D eigenvalue weighted by atomic mass is 10.4. The third-order valence-electron chi connectivity index (χ3n) is 2.09. The first-order valence-electron chi connectivity index (χ1n) is 4.91. The van der Waals surface area contributed by atoms with Crippen LogP contribution in [0.25, 0.3) is 0 Å². The average Bonchev–Trinajstić information content (AvgIpc) is 2.09. The maximum Gasteiger partial charge on any atom is 0.253 e. The summed E-state index contributed by atoms with van der Waals surface area (Å²) in [6.07, 6.45) is 0. The monoisotopic (exact) mass is 195 g/mol. The molecule has 1 rings (SSSR count). The van der Waals surface area contributed by atoms with E-state index < -0.39 is 0 Å². The Hall–Kier alpha value is -1.16. The van der Waals surface area contributed by atoms with Crippen molar-refractivity contribution in [3.05, 3.63) is 27.9 Å². The van der Waals surface area contributed by atoms with Crippen LogP contribution in [0.3, 0.4) is 0 Å². The first-order valence-corrected chi connectivity index (χ1v) is 4.91. The molecule has 1 heterocycles. The van der Waals surface area contributed by atoms with Gasteiger partial charge in [0.25, 0.3) is 5.56 Å². The maximum absolute atomic E-state index is 11.6. The summed E-state index contributed by atoms with van der Waals surface area (Å²) in [5.74, 6) is 0.785. The minimum Gasteiger partial charge on any atom is -0.315 e. The number of likely N-dealkylation sites (N-methyl/N-ethyl adjacent to an activating group) is 1. The summed E-state index contributed by atoms with van der Waals surface area (Å²) < 4.78 is 1.69. The molecule has 0 amide bonds. The summed E-state index contributed by atoms with van der Waals surface area (Å²) >= 11 is 0. The fourth-order valence-corrected chi connectivity index (χ4v) is 1.40. The van der Waals surface area contributed by atoms with E-state index in [4.69, 9.17) is 0 Å². The molecule has 0 bridgehead atoms. The summed E-state index contributed by atoms with van der Waals surface area (Å²) in [5, 5.41) is 3.18. The number of nitrogens with one attached hydrogen (secondary N) is 1. The molecule has 4 heteroatoms. The second-order valence-electron chi connectivity index (χ2n) is 3.29. The van der Waals surface area contributed by atoms with Crippen molar-refractivity contribution in [3.8, 4) is 0 Å². The third kappa shape index (κ3) is 2.67. The van der Waals surface area contributed by atoms with E-state index in [1.807, 2.05) is 20.8 Å². The molecule has 0 fully saturated rings. The van der Waals surface area contributed by atoms with Crippen LogP contribution < -0.4 is 10.9 Å². The second-order valence-corrected chi connectivity index (χ2v) is 3.29. The molecule has 14 heavy (non-hydrogen) atoms. The van der Waals surface area contributed by atoms with Crippen molar-refractivity contribution < 1.29 is 0 Å². The zero-order chi connectivity index (χ0) is 10.6. The molecule has 0 unspecified atom stereocenters. The highest BCUT2D eigenvalue weighted by atomic mass is 16.1. The summed E-state index contributed by atoms with van der Waals surface area (Å²) in [7, 11) is 0. The van der Waals surface area contributed by atoms with Crippen LogP contribution in [0.4, 0.5) is 0 Å². The van der Waals surface area contributed by atoms with Gasteiger partial charge in [-0.05, 0) is 20.4 Å². The topological polar surface area (TPSA) is 46.9 Å².